The molecule has 124 valence electrons. The van der Waals surface area contributed by atoms with Crippen LogP contribution >= 0.6 is 12.4 Å². The summed E-state index contributed by atoms with van der Waals surface area (Å²) >= 11 is 0. The van der Waals surface area contributed by atoms with Crippen molar-refractivity contribution in [2.45, 2.75) is 6.42 Å². The first-order chi connectivity index (χ1) is 9.97. The molecule has 0 heterocycles. The first kappa shape index (κ1) is 20.1. The van der Waals surface area contributed by atoms with E-state index in [-0.39, 0.29) is 43.7 Å². The molecule has 1 aromatic rings. The van der Waals surface area contributed by atoms with E-state index in [0.717, 1.165) is 0 Å². The van der Waals surface area contributed by atoms with Gasteiger partial charge in [-0.25, -0.2) is 4.39 Å². The van der Waals surface area contributed by atoms with Gasteiger partial charge in [0.25, 0.3) is 0 Å². The number of ether oxygens (including phenoxy) is 1. The van der Waals surface area contributed by atoms with Gasteiger partial charge in [0, 0.05) is 6.54 Å². The molecule has 22 heavy (non-hydrogen) atoms. The lowest BCUT2D eigenvalue weighted by Gasteiger charge is -2.15. The van der Waals surface area contributed by atoms with Crippen LogP contribution in [0.25, 0.3) is 0 Å². The molecule has 0 aromatic heterocycles. The molecule has 6 nitrogen and oxygen atoms in total. The van der Waals surface area contributed by atoms with Crippen LogP contribution in [-0.4, -0.2) is 55.2 Å². The van der Waals surface area contributed by atoms with Gasteiger partial charge in [-0.15, -0.1) is 12.4 Å². The Labute approximate surface area is 134 Å². The van der Waals surface area contributed by atoms with E-state index in [1.807, 2.05) is 0 Å². The fourth-order valence-electron chi connectivity index (χ4n) is 1.56. The summed E-state index contributed by atoms with van der Waals surface area (Å²) in [5.41, 5.74) is 0. The lowest BCUT2D eigenvalue weighted by molar-refractivity contribution is -0.137. The number of amides is 1. The molecule has 0 aliphatic carbocycles. The number of hydrogen-bond donors (Lipinski definition) is 2. The molecule has 1 rings (SSSR count). The molecule has 0 saturated heterocycles. The second-order valence-corrected chi connectivity index (χ2v) is 4.53. The summed E-state index contributed by atoms with van der Waals surface area (Å²) in [5.74, 6) is -0.898. The Morgan fingerprint density at radius 3 is 2.55 bits per heavy atom. The number of halogens is 2. The van der Waals surface area contributed by atoms with E-state index in [1.54, 1.807) is 11.9 Å². The van der Waals surface area contributed by atoms with Gasteiger partial charge in [-0.3, -0.25) is 14.5 Å². The number of carbonyl (C=O) groups excluding carboxylic acids is 1. The van der Waals surface area contributed by atoms with Crippen molar-refractivity contribution in [1.29, 1.82) is 0 Å². The predicted molar refractivity (Wildman–Crippen MR) is 81.9 cm³/mol. The van der Waals surface area contributed by atoms with Crippen LogP contribution in [0.15, 0.2) is 24.3 Å². The van der Waals surface area contributed by atoms with E-state index in [4.69, 9.17) is 9.84 Å². The molecule has 0 radical (unpaired) electrons. The van der Waals surface area contributed by atoms with Gasteiger partial charge in [0.1, 0.15) is 18.2 Å². The zero-order valence-electron chi connectivity index (χ0n) is 12.3. The Balaban J connectivity index is 0.00000441. The van der Waals surface area contributed by atoms with Crippen LogP contribution in [0.5, 0.6) is 5.75 Å². The van der Waals surface area contributed by atoms with Gasteiger partial charge in [-0.1, -0.05) is 0 Å². The number of nitrogens with one attached hydrogen (secondary N) is 1. The van der Waals surface area contributed by atoms with Crippen molar-refractivity contribution in [3.05, 3.63) is 30.1 Å². The summed E-state index contributed by atoms with van der Waals surface area (Å²) in [5, 5.41) is 11.2. The smallest absolute Gasteiger partial charge is 0.304 e. The quantitative estimate of drug-likeness (QED) is 0.662. The Morgan fingerprint density at radius 2 is 1.95 bits per heavy atom. The maximum Gasteiger partial charge on any atom is 0.304 e. The van der Waals surface area contributed by atoms with Crippen molar-refractivity contribution in [1.82, 2.24) is 10.2 Å². The molecule has 0 atom stereocenters. The molecule has 0 unspecified atom stereocenters. The average molecular weight is 335 g/mol. The lowest BCUT2D eigenvalue weighted by Crippen LogP contribution is -2.37. The van der Waals surface area contributed by atoms with Crippen LogP contribution in [-0.2, 0) is 9.59 Å². The second kappa shape index (κ2) is 10.8. The number of nitrogens with zero attached hydrogens (tertiary/aromatic N) is 1. The van der Waals surface area contributed by atoms with Crippen molar-refractivity contribution in [2.75, 3.05) is 33.3 Å². The fraction of sp³-hybridized carbons (Fsp3) is 0.429. The third kappa shape index (κ3) is 9.15. The minimum absolute atomic E-state index is 0. The molecule has 1 amide bonds. The van der Waals surface area contributed by atoms with Gasteiger partial charge in [0.15, 0.2) is 0 Å². The van der Waals surface area contributed by atoms with Crippen LogP contribution in [0.3, 0.4) is 0 Å². The number of rotatable bonds is 9. The standard InChI is InChI=1S/C14H19FN2O4.ClH/c1-17(8-6-14(19)20)10-13(18)16-7-9-21-12-4-2-11(15)3-5-12;/h2-5H,6-10H2,1H3,(H,16,18)(H,19,20);1H. The predicted octanol–water partition coefficient (Wildman–Crippen LogP) is 1.15. The first-order valence-electron chi connectivity index (χ1n) is 6.53. The fourth-order valence-corrected chi connectivity index (χ4v) is 1.56. The number of hydrogen-bond acceptors (Lipinski definition) is 4. The van der Waals surface area contributed by atoms with E-state index in [2.05, 4.69) is 5.32 Å². The Kier molecular flexibility index (Phi) is 9.89. The summed E-state index contributed by atoms with van der Waals surface area (Å²) in [7, 11) is 1.68. The molecular weight excluding hydrogens is 315 g/mol. The van der Waals surface area contributed by atoms with Gasteiger partial charge in [-0.05, 0) is 31.3 Å². The molecule has 0 spiro atoms. The van der Waals surface area contributed by atoms with E-state index < -0.39 is 5.97 Å². The third-order valence-corrected chi connectivity index (χ3v) is 2.63. The number of carboxylic acids is 1. The second-order valence-electron chi connectivity index (χ2n) is 4.53. The van der Waals surface area contributed by atoms with Gasteiger partial charge in [0.05, 0.1) is 19.5 Å². The number of benzene rings is 1. The Hall–Kier alpha value is -1.86. The maximum atomic E-state index is 12.7. The highest BCUT2D eigenvalue weighted by Gasteiger charge is 2.07. The monoisotopic (exact) mass is 334 g/mol. The van der Waals surface area contributed by atoms with Gasteiger partial charge in [-0.2, -0.15) is 0 Å². The first-order valence-corrected chi connectivity index (χ1v) is 6.53. The summed E-state index contributed by atoms with van der Waals surface area (Å²) in [4.78, 5) is 23.6. The molecule has 0 bridgehead atoms. The SMILES string of the molecule is CN(CCC(=O)O)CC(=O)NCCOc1ccc(F)cc1.Cl. The van der Waals surface area contributed by atoms with Gasteiger partial charge < -0.3 is 15.2 Å². The zero-order chi connectivity index (χ0) is 15.7. The molecule has 0 saturated carbocycles. The van der Waals surface area contributed by atoms with Crippen molar-refractivity contribution < 1.29 is 23.8 Å². The van der Waals surface area contributed by atoms with Crippen LogP contribution in [0.4, 0.5) is 4.39 Å². The Bertz CT molecular complexity index is 470. The van der Waals surface area contributed by atoms with Crippen molar-refractivity contribution >= 4 is 24.3 Å². The number of carbonyl (C=O) groups is 2. The van der Waals surface area contributed by atoms with E-state index in [0.29, 0.717) is 18.8 Å². The van der Waals surface area contributed by atoms with Crippen LogP contribution in [0.1, 0.15) is 6.42 Å². The summed E-state index contributed by atoms with van der Waals surface area (Å²) < 4.78 is 18.0. The van der Waals surface area contributed by atoms with Crippen molar-refractivity contribution in [2.24, 2.45) is 0 Å². The minimum atomic E-state index is -0.894. The number of aliphatic carboxylic acids is 1. The molecule has 8 heteroatoms. The molecule has 0 aliphatic rings. The lowest BCUT2D eigenvalue weighted by atomic mass is 10.3. The van der Waals surface area contributed by atoms with E-state index in [1.165, 1.54) is 24.3 Å². The molecule has 0 aliphatic heterocycles. The highest BCUT2D eigenvalue weighted by molar-refractivity contribution is 5.85. The van der Waals surface area contributed by atoms with Crippen LogP contribution in [0.2, 0.25) is 0 Å². The largest absolute Gasteiger partial charge is 0.492 e. The van der Waals surface area contributed by atoms with Gasteiger partial charge in [0.2, 0.25) is 5.91 Å². The Morgan fingerprint density at radius 1 is 1.32 bits per heavy atom. The number of carboxylic acid groups (broad SMARTS) is 1. The van der Waals surface area contributed by atoms with Crippen LogP contribution < -0.4 is 10.1 Å². The summed E-state index contributed by atoms with van der Waals surface area (Å²) in [6.45, 7) is 1.04. The third-order valence-electron chi connectivity index (χ3n) is 2.63. The molecule has 2 N–H and O–H groups in total. The van der Waals surface area contributed by atoms with Gasteiger partial charge >= 0.3 is 5.97 Å². The highest BCUT2D eigenvalue weighted by Crippen LogP contribution is 2.10. The maximum absolute atomic E-state index is 12.7. The zero-order valence-corrected chi connectivity index (χ0v) is 13.1. The topological polar surface area (TPSA) is 78.9 Å². The normalized spacial score (nSPS) is 9.95. The molecule has 1 aromatic carbocycles. The number of likely N-dealkylation sites (N-methyl/N-ethyl adjacent to an activating group) is 1. The van der Waals surface area contributed by atoms with E-state index in [9.17, 15) is 14.0 Å². The van der Waals surface area contributed by atoms with Crippen molar-refractivity contribution in [3.8, 4) is 5.75 Å². The van der Waals surface area contributed by atoms with Crippen molar-refractivity contribution in [3.63, 3.8) is 0 Å². The summed E-state index contributed by atoms with van der Waals surface area (Å²) in [6, 6.07) is 5.62. The average Bonchev–Trinajstić information content (AvgIpc) is 2.43. The van der Waals surface area contributed by atoms with Crippen LogP contribution in [0, 0.1) is 5.82 Å². The molecular formula is C14H20ClFN2O4. The minimum Gasteiger partial charge on any atom is -0.492 e. The highest BCUT2D eigenvalue weighted by atomic mass is 35.5. The summed E-state index contributed by atoms with van der Waals surface area (Å²) in [6.07, 6.45) is -0.00252. The molecule has 0 fully saturated rings. The van der Waals surface area contributed by atoms with E-state index >= 15 is 0 Å².